The summed E-state index contributed by atoms with van der Waals surface area (Å²) in [6.07, 6.45) is 9.48. The van der Waals surface area contributed by atoms with E-state index in [2.05, 4.69) is 20.5 Å². The molecule has 3 heterocycles. The number of carbonyl (C=O) groups excluding carboxylic acids is 2. The van der Waals surface area contributed by atoms with Crippen molar-refractivity contribution in [3.05, 3.63) is 76.5 Å². The largest absolute Gasteiger partial charge is 0.619 e. The van der Waals surface area contributed by atoms with Crippen molar-refractivity contribution in [1.82, 2.24) is 15.2 Å². The fraction of sp³-hybridized carbons (Fsp3) is 0.433. The monoisotopic (exact) mass is 515 g/mol. The number of carbonyl (C=O) groups is 2. The fourth-order valence-corrected chi connectivity index (χ4v) is 6.05. The second kappa shape index (κ2) is 11.4. The van der Waals surface area contributed by atoms with Gasteiger partial charge in [0.05, 0.1) is 0 Å². The summed E-state index contributed by atoms with van der Waals surface area (Å²) in [6, 6.07) is 10.9. The van der Waals surface area contributed by atoms with Gasteiger partial charge in [-0.1, -0.05) is 37.8 Å². The molecule has 1 saturated carbocycles. The maximum absolute atomic E-state index is 13.6. The van der Waals surface area contributed by atoms with Gasteiger partial charge in [0.2, 0.25) is 5.91 Å². The molecule has 3 N–H and O–H groups in total. The number of hydrogen-bond acceptors (Lipinski definition) is 4. The Kier molecular flexibility index (Phi) is 7.79. The topological polar surface area (TPSA) is 102 Å². The van der Waals surface area contributed by atoms with Crippen molar-refractivity contribution >= 4 is 17.5 Å². The van der Waals surface area contributed by atoms with Crippen LogP contribution in [0.4, 0.5) is 5.69 Å². The second-order valence-corrected chi connectivity index (χ2v) is 10.7. The van der Waals surface area contributed by atoms with E-state index in [0.717, 1.165) is 78.0 Å². The molecule has 5 rings (SSSR count). The van der Waals surface area contributed by atoms with Crippen molar-refractivity contribution in [2.45, 2.75) is 71.5 Å². The molecule has 1 aliphatic heterocycles. The van der Waals surface area contributed by atoms with Crippen molar-refractivity contribution in [1.29, 1.82) is 0 Å². The molecular formula is C30H37N5O3. The summed E-state index contributed by atoms with van der Waals surface area (Å²) >= 11 is 0. The minimum Gasteiger partial charge on any atom is -0.619 e. The van der Waals surface area contributed by atoms with Crippen molar-refractivity contribution in [2.75, 3.05) is 11.9 Å². The predicted molar refractivity (Wildman–Crippen MR) is 148 cm³/mol. The number of amides is 2. The number of aryl methyl sites for hydroxylation is 2. The fourth-order valence-electron chi connectivity index (χ4n) is 6.05. The number of hydrogen-bond donors (Lipinski definition) is 3. The molecule has 8 nitrogen and oxygen atoms in total. The van der Waals surface area contributed by atoms with Crippen LogP contribution in [0.5, 0.6) is 0 Å². The van der Waals surface area contributed by atoms with Crippen LogP contribution in [0.2, 0.25) is 0 Å². The van der Waals surface area contributed by atoms with Crippen molar-refractivity contribution in [3.8, 4) is 11.1 Å². The van der Waals surface area contributed by atoms with Gasteiger partial charge in [-0.05, 0) is 68.0 Å². The zero-order chi connectivity index (χ0) is 26.6. The zero-order valence-corrected chi connectivity index (χ0v) is 22.3. The predicted octanol–water partition coefficient (Wildman–Crippen LogP) is 4.22. The van der Waals surface area contributed by atoms with E-state index in [1.54, 1.807) is 12.4 Å². The maximum atomic E-state index is 13.6. The number of pyridine rings is 1. The summed E-state index contributed by atoms with van der Waals surface area (Å²) in [4.78, 5) is 27.0. The first-order valence-electron chi connectivity index (χ1n) is 13.7. The molecule has 200 valence electrons. The number of nitrogens with one attached hydrogen (secondary N) is 3. The Morgan fingerprint density at radius 2 is 1.68 bits per heavy atom. The molecule has 1 fully saturated rings. The summed E-state index contributed by atoms with van der Waals surface area (Å²) in [5.41, 5.74) is 6.19. The molecule has 0 saturated heterocycles. The molecule has 0 bridgehead atoms. The molecule has 1 aliphatic carbocycles. The van der Waals surface area contributed by atoms with E-state index in [-0.39, 0.29) is 17.7 Å². The summed E-state index contributed by atoms with van der Waals surface area (Å²) in [5, 5.41) is 21.3. The summed E-state index contributed by atoms with van der Waals surface area (Å²) in [6.45, 7) is 6.15. The van der Waals surface area contributed by atoms with Crippen LogP contribution < -0.4 is 20.7 Å². The number of fused-ring (bicyclic) bond motifs is 1. The van der Waals surface area contributed by atoms with Crippen molar-refractivity contribution in [2.24, 2.45) is 5.92 Å². The van der Waals surface area contributed by atoms with Gasteiger partial charge in [0.1, 0.15) is 11.7 Å². The molecule has 38 heavy (non-hydrogen) atoms. The third kappa shape index (κ3) is 5.60. The third-order valence-corrected chi connectivity index (χ3v) is 7.93. The molecule has 2 aliphatic rings. The Morgan fingerprint density at radius 3 is 2.37 bits per heavy atom. The third-order valence-electron chi connectivity index (χ3n) is 7.93. The standard InChI is InChI=1S/C30H37N5O3/c1-20-18-34(38)19-21(2)27(20)22-9-11-24(12-10-22)32-30(37)28(23-7-5-3-4-6-8-23)33-29(36)26-14-13-25-17-31-15-16-35(25)26/h9-14,18-19,23,28,31H,3-8,15-17H2,1-2H3,(H,32,37)(H,33,36)/t28-/m0/s1. The van der Waals surface area contributed by atoms with Crippen LogP contribution in [-0.4, -0.2) is 29.0 Å². The number of nitrogens with zero attached hydrogens (tertiary/aromatic N) is 2. The Bertz CT molecular complexity index is 1280. The van der Waals surface area contributed by atoms with Crippen molar-refractivity contribution in [3.63, 3.8) is 0 Å². The Balaban J connectivity index is 1.34. The molecule has 0 radical (unpaired) electrons. The Labute approximate surface area is 224 Å². The number of anilines is 1. The van der Waals surface area contributed by atoms with Crippen LogP contribution in [0.3, 0.4) is 0 Å². The maximum Gasteiger partial charge on any atom is 0.268 e. The average molecular weight is 516 g/mol. The summed E-state index contributed by atoms with van der Waals surface area (Å²) < 4.78 is 2.87. The highest BCUT2D eigenvalue weighted by Crippen LogP contribution is 2.29. The van der Waals surface area contributed by atoms with E-state index >= 15 is 0 Å². The molecule has 3 aromatic rings. The van der Waals surface area contributed by atoms with Crippen LogP contribution in [0, 0.1) is 25.0 Å². The van der Waals surface area contributed by atoms with Crippen LogP contribution in [0.15, 0.2) is 48.8 Å². The Morgan fingerprint density at radius 1 is 1.00 bits per heavy atom. The lowest BCUT2D eigenvalue weighted by Gasteiger charge is -2.27. The summed E-state index contributed by atoms with van der Waals surface area (Å²) in [5.74, 6) is -0.264. The van der Waals surface area contributed by atoms with E-state index in [1.807, 2.05) is 50.2 Å². The van der Waals surface area contributed by atoms with E-state index in [4.69, 9.17) is 0 Å². The lowest BCUT2D eigenvalue weighted by atomic mass is 9.91. The SMILES string of the molecule is Cc1c[n+]([O-])cc(C)c1-c1ccc(NC(=O)[C@@H](NC(=O)c2ccc3n2CCNC3)C2CCCCCC2)cc1. The highest BCUT2D eigenvalue weighted by atomic mass is 16.5. The minimum atomic E-state index is -0.598. The van der Waals surface area contributed by atoms with Crippen molar-refractivity contribution < 1.29 is 14.3 Å². The minimum absolute atomic E-state index is 0.103. The molecule has 8 heteroatoms. The van der Waals surface area contributed by atoms with Gasteiger partial charge < -0.3 is 25.7 Å². The Hall–Kier alpha value is -3.65. The zero-order valence-electron chi connectivity index (χ0n) is 22.3. The quantitative estimate of drug-likeness (QED) is 0.260. The smallest absolute Gasteiger partial charge is 0.268 e. The van der Waals surface area contributed by atoms with E-state index in [9.17, 15) is 14.8 Å². The lowest BCUT2D eigenvalue weighted by Crippen LogP contribution is -2.49. The van der Waals surface area contributed by atoms with Gasteiger partial charge in [0, 0.05) is 42.1 Å². The average Bonchev–Trinajstić information content (AvgIpc) is 3.14. The van der Waals surface area contributed by atoms with Crippen LogP contribution in [0.1, 0.15) is 65.8 Å². The molecule has 0 unspecified atom stereocenters. The second-order valence-electron chi connectivity index (χ2n) is 10.7. The van der Waals surface area contributed by atoms with Gasteiger partial charge >= 0.3 is 0 Å². The molecule has 1 aromatic carbocycles. The summed E-state index contributed by atoms with van der Waals surface area (Å²) in [7, 11) is 0. The first-order chi connectivity index (χ1) is 18.4. The highest BCUT2D eigenvalue weighted by Gasteiger charge is 2.32. The number of rotatable bonds is 6. The van der Waals surface area contributed by atoms with Gasteiger partial charge in [-0.3, -0.25) is 9.59 Å². The van der Waals surface area contributed by atoms with Gasteiger partial charge in [-0.15, -0.1) is 0 Å². The van der Waals surface area contributed by atoms with Gasteiger partial charge in [-0.25, -0.2) is 0 Å². The first kappa shape index (κ1) is 26.0. The molecule has 0 spiro atoms. The molecule has 1 atom stereocenters. The molecule has 2 aromatic heterocycles. The van der Waals surface area contributed by atoms with Gasteiger partial charge in [-0.2, -0.15) is 4.73 Å². The van der Waals surface area contributed by atoms with Gasteiger partial charge in [0.25, 0.3) is 5.91 Å². The number of benzene rings is 1. The van der Waals surface area contributed by atoms with Crippen LogP contribution >= 0.6 is 0 Å². The van der Waals surface area contributed by atoms with E-state index in [0.29, 0.717) is 11.4 Å². The van der Waals surface area contributed by atoms with Crippen LogP contribution in [-0.2, 0) is 17.9 Å². The van der Waals surface area contributed by atoms with E-state index in [1.165, 1.54) is 12.8 Å². The highest BCUT2D eigenvalue weighted by molar-refractivity contribution is 6.01. The van der Waals surface area contributed by atoms with Gasteiger partial charge in [0.15, 0.2) is 12.4 Å². The molecule has 2 amide bonds. The van der Waals surface area contributed by atoms with E-state index < -0.39 is 6.04 Å². The lowest BCUT2D eigenvalue weighted by molar-refractivity contribution is -0.606. The molecular weight excluding hydrogens is 478 g/mol. The normalized spacial score (nSPS) is 16.8. The first-order valence-corrected chi connectivity index (χ1v) is 13.7. The number of aromatic nitrogens is 2. The van der Waals surface area contributed by atoms with Crippen LogP contribution in [0.25, 0.3) is 11.1 Å².